The summed E-state index contributed by atoms with van der Waals surface area (Å²) in [5.74, 6) is 2.55. The lowest BCUT2D eigenvalue weighted by Gasteiger charge is -2.17. The van der Waals surface area contributed by atoms with Crippen LogP contribution in [-0.2, 0) is 14.3 Å². The second-order valence-corrected chi connectivity index (χ2v) is 13.3. The zero-order valence-electron chi connectivity index (χ0n) is 28.5. The number of aromatic nitrogens is 2. The molecule has 50 heavy (non-hydrogen) atoms. The lowest BCUT2D eigenvalue weighted by molar-refractivity contribution is 0.301. The van der Waals surface area contributed by atoms with Crippen LogP contribution < -0.4 is 33.8 Å². The van der Waals surface area contributed by atoms with Crippen LogP contribution in [0, 0.1) is 6.92 Å². The average Bonchev–Trinajstić information content (AvgIpc) is 3.61. The van der Waals surface area contributed by atoms with Crippen LogP contribution in [0.25, 0.3) is 33.7 Å². The van der Waals surface area contributed by atoms with E-state index in [9.17, 15) is 13.2 Å². The van der Waals surface area contributed by atoms with E-state index in [1.807, 2.05) is 6.92 Å². The van der Waals surface area contributed by atoms with E-state index < -0.39 is 15.5 Å². The summed E-state index contributed by atoms with van der Waals surface area (Å²) in [5.41, 5.74) is 1.32. The van der Waals surface area contributed by atoms with Gasteiger partial charge in [-0.2, -0.15) is 8.42 Å². The van der Waals surface area contributed by atoms with Gasteiger partial charge in [-0.15, -0.1) is 10.2 Å². The van der Waals surface area contributed by atoms with Gasteiger partial charge in [-0.05, 0) is 44.0 Å². The molecule has 0 saturated carbocycles. The summed E-state index contributed by atoms with van der Waals surface area (Å²) in [6, 6.07) is 11.3. The summed E-state index contributed by atoms with van der Waals surface area (Å²) in [6.45, 7) is 1.99. The minimum Gasteiger partial charge on any atom is -0.496 e. The largest absolute Gasteiger partial charge is 0.496 e. The second-order valence-electron chi connectivity index (χ2n) is 10.6. The van der Waals surface area contributed by atoms with Gasteiger partial charge in [0.25, 0.3) is 15.3 Å². The van der Waals surface area contributed by atoms with Crippen molar-refractivity contribution < 1.29 is 49.9 Å². The number of unbranched alkanes of at least 4 members (excludes halogenated alkanes) is 1. The highest BCUT2D eigenvalue weighted by Gasteiger charge is 2.25. The molecule has 0 saturated heterocycles. The van der Waals surface area contributed by atoms with Crippen molar-refractivity contribution in [2.75, 3.05) is 55.0 Å². The third kappa shape index (κ3) is 7.46. The summed E-state index contributed by atoms with van der Waals surface area (Å²) in [7, 11) is 4.52. The SMILES string of the molecule is COc1cc(OC)c2c(=O)c(OCCCCSc3nnc(-c4cc(C)ccc4S(=O)(=O)OC)o3)c(-c3cc(OC)c(OC)c(OC)c3)oc2c1. The first kappa shape index (κ1) is 36.4. The number of nitrogens with zero attached hydrogens (tertiary/aromatic N) is 2. The number of fused-ring (bicyclic) bond motifs is 1. The van der Waals surface area contributed by atoms with Crippen molar-refractivity contribution in [2.45, 2.75) is 29.9 Å². The van der Waals surface area contributed by atoms with E-state index in [0.29, 0.717) is 47.2 Å². The molecule has 2 heterocycles. The van der Waals surface area contributed by atoms with Gasteiger partial charge in [-0.25, -0.2) is 0 Å². The van der Waals surface area contributed by atoms with E-state index in [1.54, 1.807) is 36.4 Å². The lowest BCUT2D eigenvalue weighted by atomic mass is 10.1. The molecule has 2 aromatic heterocycles. The van der Waals surface area contributed by atoms with Crippen molar-refractivity contribution in [3.63, 3.8) is 0 Å². The van der Waals surface area contributed by atoms with Gasteiger partial charge in [0.2, 0.25) is 22.8 Å². The van der Waals surface area contributed by atoms with E-state index in [4.69, 9.17) is 41.4 Å². The molecule has 0 N–H and O–H groups in total. The van der Waals surface area contributed by atoms with E-state index in [2.05, 4.69) is 10.2 Å². The Morgan fingerprint density at radius 3 is 2.14 bits per heavy atom. The summed E-state index contributed by atoms with van der Waals surface area (Å²) in [6.07, 6.45) is 1.20. The minimum absolute atomic E-state index is 0.0237. The fourth-order valence-electron chi connectivity index (χ4n) is 5.09. The van der Waals surface area contributed by atoms with Crippen molar-refractivity contribution in [1.82, 2.24) is 10.2 Å². The van der Waals surface area contributed by atoms with Gasteiger partial charge in [0.05, 0.1) is 54.8 Å². The molecule has 14 nitrogen and oxygen atoms in total. The number of ether oxygens (including phenoxy) is 6. The highest BCUT2D eigenvalue weighted by Crippen LogP contribution is 2.44. The van der Waals surface area contributed by atoms with E-state index >= 15 is 0 Å². The number of hydrogen-bond donors (Lipinski definition) is 0. The van der Waals surface area contributed by atoms with E-state index in [1.165, 1.54) is 53.4 Å². The first-order valence-corrected chi connectivity index (χ1v) is 17.5. The molecular formula is C34H36N2O12S2. The minimum atomic E-state index is -4.00. The lowest BCUT2D eigenvalue weighted by Crippen LogP contribution is -2.12. The molecule has 0 bridgehead atoms. The van der Waals surface area contributed by atoms with Crippen LogP contribution in [0.15, 0.2) is 66.2 Å². The van der Waals surface area contributed by atoms with Crippen molar-refractivity contribution in [3.05, 3.63) is 58.3 Å². The molecule has 16 heteroatoms. The molecule has 266 valence electrons. The standard InChI is InChI=1S/C34H36N2O12S2/c1-19-10-11-27(50(38,39)45-7)22(14-19)33-35-36-34(48-33)49-13-9-8-12-46-32-29(37)28-23(41-3)17-21(40-2)18-24(28)47-30(32)20-15-25(42-4)31(44-6)26(16-20)43-5/h10-11,14-18H,8-9,12-13H2,1-7H3. The van der Waals surface area contributed by atoms with Crippen LogP contribution in [0.3, 0.4) is 0 Å². The van der Waals surface area contributed by atoms with Gasteiger partial charge in [0.1, 0.15) is 27.4 Å². The first-order chi connectivity index (χ1) is 24.1. The molecule has 5 aromatic rings. The van der Waals surface area contributed by atoms with Crippen molar-refractivity contribution in [1.29, 1.82) is 0 Å². The molecule has 0 aliphatic heterocycles. The Hall–Kier alpha value is -4.93. The molecule has 0 atom stereocenters. The topological polar surface area (TPSA) is 168 Å². The second kappa shape index (κ2) is 15.7. The van der Waals surface area contributed by atoms with Crippen LogP contribution in [-0.4, -0.2) is 73.6 Å². The predicted octanol–water partition coefficient (Wildman–Crippen LogP) is 6.15. The van der Waals surface area contributed by atoms with E-state index in [-0.39, 0.29) is 56.4 Å². The smallest absolute Gasteiger partial charge is 0.297 e. The zero-order valence-corrected chi connectivity index (χ0v) is 30.1. The average molecular weight is 729 g/mol. The first-order valence-electron chi connectivity index (χ1n) is 15.1. The quantitative estimate of drug-likeness (QED) is 0.0644. The summed E-state index contributed by atoms with van der Waals surface area (Å²) < 4.78 is 75.2. The maximum absolute atomic E-state index is 14.0. The Morgan fingerprint density at radius 2 is 1.50 bits per heavy atom. The number of benzene rings is 3. The van der Waals surface area contributed by atoms with E-state index in [0.717, 1.165) is 12.7 Å². The molecule has 5 rings (SSSR count). The zero-order chi connectivity index (χ0) is 36.0. The maximum Gasteiger partial charge on any atom is 0.297 e. The molecule has 3 aromatic carbocycles. The summed E-state index contributed by atoms with van der Waals surface area (Å²) in [5, 5.41) is 8.58. The maximum atomic E-state index is 14.0. The third-order valence-electron chi connectivity index (χ3n) is 7.54. The Bertz CT molecular complexity index is 2140. The fraction of sp³-hybridized carbons (Fsp3) is 0.324. The van der Waals surface area contributed by atoms with Gasteiger partial charge in [-0.3, -0.25) is 8.98 Å². The molecule has 0 spiro atoms. The molecule has 0 fully saturated rings. The van der Waals surface area contributed by atoms with Gasteiger partial charge < -0.3 is 37.3 Å². The molecule has 0 amide bonds. The Morgan fingerprint density at radius 1 is 0.780 bits per heavy atom. The Labute approximate surface area is 292 Å². The number of hydrogen-bond acceptors (Lipinski definition) is 15. The molecule has 0 radical (unpaired) electrons. The van der Waals surface area contributed by atoms with Crippen molar-refractivity contribution in [3.8, 4) is 57.3 Å². The van der Waals surface area contributed by atoms with Crippen LogP contribution >= 0.6 is 11.8 Å². The van der Waals surface area contributed by atoms with Crippen LogP contribution in [0.5, 0.6) is 34.5 Å². The van der Waals surface area contributed by atoms with Gasteiger partial charge >= 0.3 is 0 Å². The number of aryl methyl sites for hydroxylation is 1. The highest BCUT2D eigenvalue weighted by atomic mass is 32.2. The molecule has 0 unspecified atom stereocenters. The van der Waals surface area contributed by atoms with Crippen LogP contribution in [0.1, 0.15) is 18.4 Å². The number of methoxy groups -OCH3 is 5. The van der Waals surface area contributed by atoms with Crippen LogP contribution in [0.2, 0.25) is 0 Å². The Balaban J connectivity index is 1.36. The third-order valence-corrected chi connectivity index (χ3v) is 9.78. The Kier molecular flexibility index (Phi) is 11.4. The summed E-state index contributed by atoms with van der Waals surface area (Å²) >= 11 is 1.31. The monoisotopic (exact) mass is 728 g/mol. The number of thioether (sulfide) groups is 1. The van der Waals surface area contributed by atoms with Crippen LogP contribution in [0.4, 0.5) is 0 Å². The van der Waals surface area contributed by atoms with Crippen molar-refractivity contribution in [2.24, 2.45) is 0 Å². The molecule has 0 aliphatic rings. The van der Waals surface area contributed by atoms with Gasteiger partial charge in [-0.1, -0.05) is 23.4 Å². The predicted molar refractivity (Wildman–Crippen MR) is 185 cm³/mol. The normalized spacial score (nSPS) is 11.4. The van der Waals surface area contributed by atoms with Gasteiger partial charge in [0.15, 0.2) is 17.3 Å². The number of rotatable bonds is 16. The highest BCUT2D eigenvalue weighted by molar-refractivity contribution is 7.99. The fourth-order valence-corrected chi connectivity index (χ4v) is 6.68. The molecular weight excluding hydrogens is 693 g/mol. The molecule has 0 aliphatic carbocycles. The van der Waals surface area contributed by atoms with Crippen molar-refractivity contribution >= 4 is 32.8 Å². The summed E-state index contributed by atoms with van der Waals surface area (Å²) in [4.78, 5) is 13.9. The van der Waals surface area contributed by atoms with Gasteiger partial charge in [0, 0.05) is 23.4 Å².